The molecule has 3 aromatic rings. The van der Waals surface area contributed by atoms with E-state index < -0.39 is 18.1 Å². The van der Waals surface area contributed by atoms with E-state index in [0.29, 0.717) is 12.2 Å². The molecule has 1 amide bonds. The van der Waals surface area contributed by atoms with Crippen molar-refractivity contribution >= 4 is 22.8 Å². The van der Waals surface area contributed by atoms with Gasteiger partial charge in [0.25, 0.3) is 0 Å². The topological polar surface area (TPSA) is 75.5 Å². The lowest BCUT2D eigenvalue weighted by atomic mass is 9.90. The minimum absolute atomic E-state index is 0.263. The Morgan fingerprint density at radius 2 is 2.04 bits per heavy atom. The number of H-pyrrole nitrogens is 1. The number of rotatable bonds is 3. The van der Waals surface area contributed by atoms with Crippen molar-refractivity contribution in [3.05, 3.63) is 71.3 Å². The van der Waals surface area contributed by atoms with E-state index in [1.165, 1.54) is 13.2 Å². The van der Waals surface area contributed by atoms with Crippen LogP contribution in [0.25, 0.3) is 10.9 Å². The van der Waals surface area contributed by atoms with E-state index in [0.717, 1.165) is 27.9 Å². The standard InChI is InChI=1S/C22H22N2O4/c1-4-7-19(25)24-17(22(26)27-3)12-15-14-8-5-6-9-16(14)23-20(15)21(24)18-11-10-13(2)28-18/h4-11,17,21,23H,12H2,1-3H3/b7-4+/t17-,21-/m0/s1. The molecule has 1 aliphatic rings. The normalized spacial score (nSPS) is 19.2. The molecule has 2 aromatic heterocycles. The van der Waals surface area contributed by atoms with Crippen LogP contribution in [0.2, 0.25) is 0 Å². The van der Waals surface area contributed by atoms with E-state index in [-0.39, 0.29) is 5.91 Å². The number of para-hydroxylation sites is 1. The highest BCUT2D eigenvalue weighted by Gasteiger charge is 2.44. The third-order valence-electron chi connectivity index (χ3n) is 5.20. The molecule has 0 fully saturated rings. The van der Waals surface area contributed by atoms with E-state index in [1.54, 1.807) is 17.9 Å². The van der Waals surface area contributed by atoms with Crippen molar-refractivity contribution in [2.24, 2.45) is 0 Å². The zero-order valence-electron chi connectivity index (χ0n) is 16.1. The van der Waals surface area contributed by atoms with Crippen LogP contribution in [0.4, 0.5) is 0 Å². The zero-order valence-corrected chi connectivity index (χ0v) is 16.1. The summed E-state index contributed by atoms with van der Waals surface area (Å²) in [5, 5.41) is 1.04. The van der Waals surface area contributed by atoms with Crippen LogP contribution in [0.5, 0.6) is 0 Å². The van der Waals surface area contributed by atoms with Crippen LogP contribution in [-0.4, -0.2) is 34.9 Å². The molecule has 1 N–H and O–H groups in total. The minimum atomic E-state index is -0.740. The van der Waals surface area contributed by atoms with Gasteiger partial charge in [-0.2, -0.15) is 0 Å². The quantitative estimate of drug-likeness (QED) is 0.557. The second kappa shape index (κ2) is 7.03. The zero-order chi connectivity index (χ0) is 19.8. The number of carbonyl (C=O) groups is 2. The Balaban J connectivity index is 1.98. The molecule has 0 spiro atoms. The average Bonchev–Trinajstić information content (AvgIpc) is 3.29. The summed E-state index contributed by atoms with van der Waals surface area (Å²) in [4.78, 5) is 30.7. The molecule has 0 bridgehead atoms. The van der Waals surface area contributed by atoms with E-state index in [2.05, 4.69) is 4.98 Å². The summed E-state index contributed by atoms with van der Waals surface area (Å²) in [5.41, 5.74) is 2.84. The molecule has 0 aliphatic carbocycles. The SMILES string of the molecule is C/C=C/C(=O)N1[C@@H](c2ccc(C)o2)c2[nH]c3ccccc3c2C[C@H]1C(=O)OC. The molecule has 3 heterocycles. The number of aromatic nitrogens is 1. The Morgan fingerprint density at radius 1 is 1.25 bits per heavy atom. The molecule has 144 valence electrons. The van der Waals surface area contributed by atoms with Crippen molar-refractivity contribution in [1.82, 2.24) is 9.88 Å². The maximum Gasteiger partial charge on any atom is 0.328 e. The summed E-state index contributed by atoms with van der Waals surface area (Å²) in [6.45, 7) is 3.63. The number of amides is 1. The Labute approximate surface area is 162 Å². The van der Waals surface area contributed by atoms with Crippen LogP contribution in [0.1, 0.15) is 35.7 Å². The first-order valence-corrected chi connectivity index (χ1v) is 9.23. The summed E-state index contributed by atoms with van der Waals surface area (Å²) < 4.78 is 10.9. The van der Waals surface area contributed by atoms with Gasteiger partial charge in [-0.05, 0) is 43.7 Å². The molecule has 1 aromatic carbocycles. The maximum atomic E-state index is 13.0. The van der Waals surface area contributed by atoms with E-state index >= 15 is 0 Å². The van der Waals surface area contributed by atoms with Crippen LogP contribution in [0, 0.1) is 6.92 Å². The number of fused-ring (bicyclic) bond motifs is 3. The number of methoxy groups -OCH3 is 1. The summed E-state index contributed by atoms with van der Waals surface area (Å²) in [6.07, 6.45) is 3.51. The third-order valence-corrected chi connectivity index (χ3v) is 5.20. The summed E-state index contributed by atoms with van der Waals surface area (Å²) in [6, 6.07) is 10.4. The lowest BCUT2D eigenvalue weighted by molar-refractivity contribution is -0.153. The van der Waals surface area contributed by atoms with Gasteiger partial charge in [-0.25, -0.2) is 4.79 Å². The van der Waals surface area contributed by atoms with Gasteiger partial charge in [0.1, 0.15) is 23.6 Å². The number of furan rings is 1. The molecular weight excluding hydrogens is 356 g/mol. The van der Waals surface area contributed by atoms with Gasteiger partial charge in [0.05, 0.1) is 12.8 Å². The Morgan fingerprint density at radius 3 is 2.71 bits per heavy atom. The second-order valence-electron chi connectivity index (χ2n) is 6.90. The van der Waals surface area contributed by atoms with Crippen molar-refractivity contribution in [2.45, 2.75) is 32.4 Å². The maximum absolute atomic E-state index is 13.0. The number of nitrogens with zero attached hydrogens (tertiary/aromatic N) is 1. The number of aryl methyl sites for hydroxylation is 1. The summed E-state index contributed by atoms with van der Waals surface area (Å²) >= 11 is 0. The van der Waals surface area contributed by atoms with E-state index in [9.17, 15) is 9.59 Å². The molecule has 0 radical (unpaired) electrons. The first kappa shape index (κ1) is 18.1. The van der Waals surface area contributed by atoms with Crippen LogP contribution >= 0.6 is 0 Å². The molecular formula is C22H22N2O4. The number of hydrogen-bond donors (Lipinski definition) is 1. The molecule has 2 atom stereocenters. The van der Waals surface area contributed by atoms with Gasteiger partial charge in [-0.3, -0.25) is 4.79 Å². The fourth-order valence-electron chi connectivity index (χ4n) is 4.01. The first-order valence-electron chi connectivity index (χ1n) is 9.23. The van der Waals surface area contributed by atoms with Crippen LogP contribution in [0.3, 0.4) is 0 Å². The molecule has 1 aliphatic heterocycles. The highest BCUT2D eigenvalue weighted by atomic mass is 16.5. The lowest BCUT2D eigenvalue weighted by Gasteiger charge is -2.39. The number of aromatic amines is 1. The van der Waals surface area contributed by atoms with Gasteiger partial charge < -0.3 is 19.0 Å². The Hall–Kier alpha value is -3.28. The number of hydrogen-bond acceptors (Lipinski definition) is 4. The minimum Gasteiger partial charge on any atom is -0.467 e. The molecule has 0 saturated carbocycles. The predicted octanol–water partition coefficient (Wildman–Crippen LogP) is 3.66. The molecule has 4 rings (SSSR count). The van der Waals surface area contributed by atoms with Crippen LogP contribution < -0.4 is 0 Å². The summed E-state index contributed by atoms with van der Waals surface area (Å²) in [7, 11) is 1.34. The fraction of sp³-hybridized carbons (Fsp3) is 0.273. The van der Waals surface area contributed by atoms with Crippen LogP contribution in [0.15, 0.2) is 53.0 Å². The number of benzene rings is 1. The van der Waals surface area contributed by atoms with Crippen molar-refractivity contribution in [1.29, 1.82) is 0 Å². The van der Waals surface area contributed by atoms with Gasteiger partial charge in [0.2, 0.25) is 5.91 Å². The van der Waals surface area contributed by atoms with Gasteiger partial charge in [-0.1, -0.05) is 24.3 Å². The molecule has 0 saturated heterocycles. The molecule has 6 nitrogen and oxygen atoms in total. The van der Waals surface area contributed by atoms with Gasteiger partial charge in [0, 0.05) is 17.3 Å². The fourth-order valence-corrected chi connectivity index (χ4v) is 4.01. The Bertz CT molecular complexity index is 1080. The van der Waals surface area contributed by atoms with Gasteiger partial charge in [-0.15, -0.1) is 0 Å². The monoisotopic (exact) mass is 378 g/mol. The lowest BCUT2D eigenvalue weighted by Crippen LogP contribution is -2.51. The number of allylic oxidation sites excluding steroid dienone is 1. The number of nitrogens with one attached hydrogen (secondary N) is 1. The van der Waals surface area contributed by atoms with Crippen molar-refractivity contribution in [3.8, 4) is 0 Å². The average molecular weight is 378 g/mol. The smallest absolute Gasteiger partial charge is 0.328 e. The molecule has 6 heteroatoms. The molecule has 0 unspecified atom stereocenters. The predicted molar refractivity (Wildman–Crippen MR) is 105 cm³/mol. The van der Waals surface area contributed by atoms with E-state index in [1.807, 2.05) is 43.3 Å². The first-order chi connectivity index (χ1) is 13.5. The van der Waals surface area contributed by atoms with Gasteiger partial charge >= 0.3 is 5.97 Å². The highest BCUT2D eigenvalue weighted by Crippen LogP contribution is 2.41. The third kappa shape index (κ3) is 2.81. The Kier molecular flexibility index (Phi) is 4.55. The van der Waals surface area contributed by atoms with Crippen molar-refractivity contribution in [2.75, 3.05) is 7.11 Å². The van der Waals surface area contributed by atoms with Crippen molar-refractivity contribution < 1.29 is 18.7 Å². The highest BCUT2D eigenvalue weighted by molar-refractivity contribution is 5.94. The van der Waals surface area contributed by atoms with Crippen LogP contribution in [-0.2, 0) is 20.7 Å². The number of carbonyl (C=O) groups excluding carboxylic acids is 2. The number of ether oxygens (including phenoxy) is 1. The summed E-state index contributed by atoms with van der Waals surface area (Å²) in [5.74, 6) is 0.645. The second-order valence-corrected chi connectivity index (χ2v) is 6.90. The van der Waals surface area contributed by atoms with Gasteiger partial charge in [0.15, 0.2) is 0 Å². The van der Waals surface area contributed by atoms with Crippen molar-refractivity contribution in [3.63, 3.8) is 0 Å². The largest absolute Gasteiger partial charge is 0.467 e. The number of esters is 1. The van der Waals surface area contributed by atoms with E-state index in [4.69, 9.17) is 9.15 Å². The molecule has 28 heavy (non-hydrogen) atoms.